The average molecular weight is 220 g/mol. The van der Waals surface area contributed by atoms with Gasteiger partial charge in [-0.1, -0.05) is 0 Å². The van der Waals surface area contributed by atoms with E-state index in [-0.39, 0.29) is 13.0 Å². The number of carbonyl (C=O) groups is 2. The molecule has 0 aromatic rings. The van der Waals surface area contributed by atoms with Gasteiger partial charge >= 0.3 is 11.9 Å². The van der Waals surface area contributed by atoms with Crippen molar-refractivity contribution < 1.29 is 29.3 Å². The van der Waals surface area contributed by atoms with E-state index in [2.05, 4.69) is 0 Å². The summed E-state index contributed by atoms with van der Waals surface area (Å²) in [5, 5.41) is 16.7. The maximum absolute atomic E-state index is 10.3. The summed E-state index contributed by atoms with van der Waals surface area (Å²) in [5.74, 6) is -1.90. The molecule has 6 nitrogen and oxygen atoms in total. The van der Waals surface area contributed by atoms with Gasteiger partial charge in [0.2, 0.25) is 0 Å². The van der Waals surface area contributed by atoms with E-state index in [1.165, 1.54) is 6.92 Å². The Morgan fingerprint density at radius 1 is 1.20 bits per heavy atom. The van der Waals surface area contributed by atoms with Crippen LogP contribution >= 0.6 is 0 Å². The van der Waals surface area contributed by atoms with E-state index in [1.807, 2.05) is 0 Å². The molecule has 0 heterocycles. The third-order valence-corrected chi connectivity index (χ3v) is 1.61. The molecule has 0 aliphatic heterocycles. The van der Waals surface area contributed by atoms with Crippen molar-refractivity contribution in [3.05, 3.63) is 0 Å². The quantitative estimate of drug-likeness (QED) is 0.545. The largest absolute Gasteiger partial charge is 0.481 e. The van der Waals surface area contributed by atoms with Crippen LogP contribution in [-0.4, -0.2) is 48.1 Å². The molecular weight excluding hydrogens is 204 g/mol. The van der Waals surface area contributed by atoms with Crippen LogP contribution in [0.3, 0.4) is 0 Å². The van der Waals surface area contributed by atoms with E-state index >= 15 is 0 Å². The van der Waals surface area contributed by atoms with E-state index in [1.54, 1.807) is 0 Å². The van der Waals surface area contributed by atoms with Crippen LogP contribution in [0.5, 0.6) is 0 Å². The number of hydrogen-bond donors (Lipinski definition) is 2. The maximum atomic E-state index is 10.3. The van der Waals surface area contributed by atoms with E-state index in [4.69, 9.17) is 19.7 Å². The first-order chi connectivity index (χ1) is 7.04. The van der Waals surface area contributed by atoms with Crippen LogP contribution in [0, 0.1) is 0 Å². The third-order valence-electron chi connectivity index (χ3n) is 1.61. The molecule has 0 rings (SSSR count). The zero-order chi connectivity index (χ0) is 11.7. The van der Waals surface area contributed by atoms with Crippen molar-refractivity contribution in [2.45, 2.75) is 25.9 Å². The van der Waals surface area contributed by atoms with Crippen molar-refractivity contribution in [3.63, 3.8) is 0 Å². The van der Waals surface area contributed by atoms with Gasteiger partial charge in [0.05, 0.1) is 13.0 Å². The molecule has 15 heavy (non-hydrogen) atoms. The van der Waals surface area contributed by atoms with Gasteiger partial charge < -0.3 is 19.7 Å². The van der Waals surface area contributed by atoms with Crippen molar-refractivity contribution in [1.82, 2.24) is 0 Å². The summed E-state index contributed by atoms with van der Waals surface area (Å²) in [6.45, 7) is 2.29. The van der Waals surface area contributed by atoms with Crippen molar-refractivity contribution >= 4 is 11.9 Å². The van der Waals surface area contributed by atoms with Crippen molar-refractivity contribution in [2.75, 3.05) is 19.8 Å². The highest BCUT2D eigenvalue weighted by molar-refractivity contribution is 5.71. The Balaban J connectivity index is 3.18. The highest BCUT2D eigenvalue weighted by atomic mass is 16.5. The predicted octanol–water partition coefficient (Wildman–Crippen LogP) is 0.357. The predicted molar refractivity (Wildman–Crippen MR) is 50.7 cm³/mol. The first-order valence-electron chi connectivity index (χ1n) is 4.68. The minimum absolute atomic E-state index is 0.0214. The molecule has 2 N–H and O–H groups in total. The van der Waals surface area contributed by atoms with Gasteiger partial charge in [0, 0.05) is 13.2 Å². The fourth-order valence-corrected chi connectivity index (χ4v) is 0.754. The lowest BCUT2D eigenvalue weighted by Crippen LogP contribution is -2.20. The van der Waals surface area contributed by atoms with Gasteiger partial charge in [-0.3, -0.25) is 4.79 Å². The normalized spacial score (nSPS) is 12.3. The number of rotatable bonds is 9. The maximum Gasteiger partial charge on any atom is 0.332 e. The zero-order valence-corrected chi connectivity index (χ0v) is 8.64. The van der Waals surface area contributed by atoms with Gasteiger partial charge in [0.25, 0.3) is 0 Å². The van der Waals surface area contributed by atoms with E-state index in [0.29, 0.717) is 19.6 Å². The highest BCUT2D eigenvalue weighted by Crippen LogP contribution is 1.93. The molecule has 0 amide bonds. The standard InChI is InChI=1S/C9H16O6/c1-7(9(12)13)15-5-2-4-14-6-3-8(10)11/h7H,2-6H2,1H3,(H,10,11)(H,12,13). The highest BCUT2D eigenvalue weighted by Gasteiger charge is 2.09. The number of aliphatic carboxylic acids is 2. The summed E-state index contributed by atoms with van der Waals surface area (Å²) in [5.41, 5.74) is 0. The van der Waals surface area contributed by atoms with Crippen LogP contribution in [0.1, 0.15) is 19.8 Å². The van der Waals surface area contributed by atoms with Crippen LogP contribution in [0.2, 0.25) is 0 Å². The zero-order valence-electron chi connectivity index (χ0n) is 8.64. The van der Waals surface area contributed by atoms with Crippen LogP contribution in [0.25, 0.3) is 0 Å². The molecule has 6 heteroatoms. The molecule has 88 valence electrons. The SMILES string of the molecule is CC(OCCCOCCC(=O)O)C(=O)O. The smallest absolute Gasteiger partial charge is 0.332 e. The molecule has 0 aliphatic rings. The van der Waals surface area contributed by atoms with E-state index < -0.39 is 18.0 Å². The molecule has 1 unspecified atom stereocenters. The molecule has 0 radical (unpaired) electrons. The second-order valence-corrected chi connectivity index (χ2v) is 2.96. The van der Waals surface area contributed by atoms with Gasteiger partial charge in [-0.2, -0.15) is 0 Å². The first-order valence-corrected chi connectivity index (χ1v) is 4.68. The minimum Gasteiger partial charge on any atom is -0.481 e. The van der Waals surface area contributed by atoms with E-state index in [0.717, 1.165) is 0 Å². The molecular formula is C9H16O6. The van der Waals surface area contributed by atoms with Gasteiger partial charge in [0.15, 0.2) is 6.10 Å². The molecule has 1 atom stereocenters. The molecule has 0 fully saturated rings. The number of carboxylic acid groups (broad SMARTS) is 2. The Labute approximate surface area is 87.8 Å². The Morgan fingerprint density at radius 2 is 1.87 bits per heavy atom. The fraction of sp³-hybridized carbons (Fsp3) is 0.778. The average Bonchev–Trinajstić information content (AvgIpc) is 2.15. The van der Waals surface area contributed by atoms with Gasteiger partial charge in [-0.25, -0.2) is 4.79 Å². The molecule has 0 aliphatic carbocycles. The molecule has 0 saturated carbocycles. The molecule has 0 aromatic heterocycles. The molecule has 0 aromatic carbocycles. The van der Waals surface area contributed by atoms with Crippen molar-refractivity contribution in [3.8, 4) is 0 Å². The summed E-state index contributed by atoms with van der Waals surface area (Å²) in [6.07, 6.45) is -0.284. The summed E-state index contributed by atoms with van der Waals surface area (Å²) >= 11 is 0. The first kappa shape index (κ1) is 13.9. The summed E-state index contributed by atoms with van der Waals surface area (Å²) in [4.78, 5) is 20.4. The Bertz CT molecular complexity index is 203. The Hall–Kier alpha value is -1.14. The molecule has 0 spiro atoms. The summed E-state index contributed by atoms with van der Waals surface area (Å²) in [6, 6.07) is 0. The van der Waals surface area contributed by atoms with Crippen LogP contribution in [-0.2, 0) is 19.1 Å². The second kappa shape index (κ2) is 8.19. The number of hydrogen-bond acceptors (Lipinski definition) is 4. The fourth-order valence-electron chi connectivity index (χ4n) is 0.754. The Kier molecular flexibility index (Phi) is 7.57. The van der Waals surface area contributed by atoms with Crippen molar-refractivity contribution in [1.29, 1.82) is 0 Å². The van der Waals surface area contributed by atoms with Crippen LogP contribution < -0.4 is 0 Å². The lowest BCUT2D eigenvalue weighted by Gasteiger charge is -2.07. The van der Waals surface area contributed by atoms with Gasteiger partial charge in [0.1, 0.15) is 0 Å². The number of ether oxygens (including phenoxy) is 2. The molecule has 0 saturated heterocycles. The summed E-state index contributed by atoms with van der Waals surface area (Å²) < 4.78 is 9.91. The second-order valence-electron chi connectivity index (χ2n) is 2.96. The topological polar surface area (TPSA) is 93.1 Å². The lowest BCUT2D eigenvalue weighted by molar-refractivity contribution is -0.149. The molecule has 0 bridgehead atoms. The van der Waals surface area contributed by atoms with Crippen molar-refractivity contribution in [2.24, 2.45) is 0 Å². The monoisotopic (exact) mass is 220 g/mol. The van der Waals surface area contributed by atoms with Gasteiger partial charge in [-0.15, -0.1) is 0 Å². The van der Waals surface area contributed by atoms with Crippen LogP contribution in [0.15, 0.2) is 0 Å². The third kappa shape index (κ3) is 9.17. The summed E-state index contributed by atoms with van der Waals surface area (Å²) in [7, 11) is 0. The van der Waals surface area contributed by atoms with E-state index in [9.17, 15) is 9.59 Å². The lowest BCUT2D eigenvalue weighted by atomic mass is 10.4. The number of carboxylic acids is 2. The van der Waals surface area contributed by atoms with Crippen LogP contribution in [0.4, 0.5) is 0 Å². The minimum atomic E-state index is -0.998. The Morgan fingerprint density at radius 3 is 2.40 bits per heavy atom. The van der Waals surface area contributed by atoms with Gasteiger partial charge in [-0.05, 0) is 13.3 Å².